The second-order valence-corrected chi connectivity index (χ2v) is 10.4. The number of guanidine groups is 1. The molecule has 0 fully saturated rings. The molecule has 11 N–H and O–H groups in total. The van der Waals surface area contributed by atoms with Gasteiger partial charge in [-0.15, -0.1) is 0 Å². The van der Waals surface area contributed by atoms with Gasteiger partial charge in [-0.25, -0.2) is 9.97 Å². The smallest absolute Gasteiger partial charge is 0.280 e. The van der Waals surface area contributed by atoms with Crippen molar-refractivity contribution in [1.82, 2.24) is 20.6 Å². The summed E-state index contributed by atoms with van der Waals surface area (Å²) < 4.78 is 0. The number of hydrogen-bond donors (Lipinski definition) is 8. The van der Waals surface area contributed by atoms with Crippen molar-refractivity contribution in [3.8, 4) is 5.75 Å². The van der Waals surface area contributed by atoms with Crippen LogP contribution >= 0.6 is 11.6 Å². The van der Waals surface area contributed by atoms with E-state index in [-0.39, 0.29) is 52.0 Å². The summed E-state index contributed by atoms with van der Waals surface area (Å²) in [4.78, 5) is 34.9. The lowest BCUT2D eigenvalue weighted by Crippen LogP contribution is -2.38. The van der Waals surface area contributed by atoms with Gasteiger partial charge in [-0.3, -0.25) is 19.9 Å². The van der Waals surface area contributed by atoms with Crippen molar-refractivity contribution in [1.29, 1.82) is 0 Å². The molecule has 0 aliphatic carbocycles. The summed E-state index contributed by atoms with van der Waals surface area (Å²) in [5.74, 6) is -0.954. The molecule has 1 aromatic heterocycles. The number of benzene rings is 1. The number of aliphatic hydroxyl groups excluding tert-OH is 1. The molecule has 1 unspecified atom stereocenters. The van der Waals surface area contributed by atoms with Crippen LogP contribution < -0.4 is 33.2 Å². The van der Waals surface area contributed by atoms with Crippen LogP contribution in [0.5, 0.6) is 5.75 Å². The quantitative estimate of drug-likeness (QED) is 0.0441. The fourth-order valence-corrected chi connectivity index (χ4v) is 4.32. The Balaban J connectivity index is 1.56. The van der Waals surface area contributed by atoms with Crippen LogP contribution in [0.4, 0.5) is 17.3 Å². The number of nitrogens with one attached hydrogen (secondary N) is 3. The van der Waals surface area contributed by atoms with Crippen molar-refractivity contribution < 1.29 is 19.8 Å². The van der Waals surface area contributed by atoms with E-state index in [1.165, 1.54) is 6.07 Å². The molecular formula is C27H42ClN9O4. The number of nitrogens with zero attached hydrogens (tertiary/aromatic N) is 3. The number of phenols is 1. The summed E-state index contributed by atoms with van der Waals surface area (Å²) in [6.45, 7) is 4.40. The van der Waals surface area contributed by atoms with Crippen molar-refractivity contribution >= 4 is 47.2 Å². The molecule has 2 amide bonds. The minimum absolute atomic E-state index is 0.0328. The summed E-state index contributed by atoms with van der Waals surface area (Å²) >= 11 is 5.81. The van der Waals surface area contributed by atoms with Crippen LogP contribution in [0.1, 0.15) is 87.4 Å². The number of aliphatic imine (C=N–C) groups is 1. The number of carbonyl (C=O) groups excluding carboxylic acids is 2. The Morgan fingerprint density at radius 3 is 2.41 bits per heavy atom. The molecule has 0 saturated carbocycles. The highest BCUT2D eigenvalue weighted by molar-refractivity contribution is 6.31. The molecule has 0 aliphatic heterocycles. The van der Waals surface area contributed by atoms with Gasteiger partial charge in [0.25, 0.3) is 5.91 Å². The topological polar surface area (TPSA) is 227 Å². The molecule has 0 aliphatic rings. The van der Waals surface area contributed by atoms with Crippen molar-refractivity contribution in [3.63, 3.8) is 0 Å². The third-order valence-electron chi connectivity index (χ3n) is 6.51. The zero-order valence-electron chi connectivity index (χ0n) is 23.6. The number of carbonyl (C=O) groups is 2. The molecule has 0 bridgehead atoms. The molecule has 226 valence electrons. The number of halogens is 1. The molecule has 0 radical (unpaired) electrons. The maximum atomic E-state index is 12.3. The van der Waals surface area contributed by atoms with Crippen LogP contribution in [0, 0.1) is 0 Å². The largest absolute Gasteiger partial charge is 0.506 e. The standard InChI is InChI=1S/C27H42ClN9O4/c1-16(32-14-21(40)18-11-12-20(39)19(13-18)33-15-38)9-7-5-3-4-6-8-10-17(2)34-27(31)37-26(41)22-24(29)36-25(30)23(28)35-22/h11-13,15-17,21,32,39-40H,3-10,14H2,1-2H3,(H,33,38)(H4,29,30,36)(H3,31,34,37,41)/t16-,17-,21?/m1/s1. The minimum Gasteiger partial charge on any atom is -0.506 e. The number of rotatable bonds is 17. The molecule has 1 aromatic carbocycles. The number of amides is 2. The Kier molecular flexibility index (Phi) is 14.1. The van der Waals surface area contributed by atoms with Gasteiger partial charge >= 0.3 is 0 Å². The van der Waals surface area contributed by atoms with Gasteiger partial charge in [-0.2, -0.15) is 0 Å². The number of phenolic OH excluding ortho intramolecular Hbond substituents is 1. The van der Waals surface area contributed by atoms with Crippen molar-refractivity contribution in [2.45, 2.75) is 83.4 Å². The first-order valence-corrected chi connectivity index (χ1v) is 14.1. The van der Waals surface area contributed by atoms with E-state index in [1.54, 1.807) is 12.1 Å². The number of aromatic hydroxyl groups is 1. The van der Waals surface area contributed by atoms with Crippen LogP contribution in [0.25, 0.3) is 0 Å². The first-order chi connectivity index (χ1) is 19.5. The highest BCUT2D eigenvalue weighted by Crippen LogP contribution is 2.26. The van der Waals surface area contributed by atoms with Gasteiger partial charge in [-0.1, -0.05) is 56.2 Å². The zero-order chi connectivity index (χ0) is 30.4. The molecule has 41 heavy (non-hydrogen) atoms. The molecule has 2 rings (SSSR count). The monoisotopic (exact) mass is 591 g/mol. The number of nitrogen functional groups attached to an aromatic ring is 2. The summed E-state index contributed by atoms with van der Waals surface area (Å²) in [6.07, 6.45) is 8.11. The Morgan fingerprint density at radius 1 is 1.07 bits per heavy atom. The van der Waals surface area contributed by atoms with Gasteiger partial charge in [-0.05, 0) is 44.4 Å². The van der Waals surface area contributed by atoms with Crippen molar-refractivity contribution in [3.05, 3.63) is 34.6 Å². The molecule has 0 saturated heterocycles. The minimum atomic E-state index is -0.750. The lowest BCUT2D eigenvalue weighted by atomic mass is 10.0. The molecule has 1 heterocycles. The molecule has 2 aromatic rings. The highest BCUT2D eigenvalue weighted by atomic mass is 35.5. The number of unbranched alkanes of at least 4 members (excludes halogenated alkanes) is 5. The van der Waals surface area contributed by atoms with Gasteiger partial charge in [0.15, 0.2) is 28.4 Å². The maximum absolute atomic E-state index is 12.3. The van der Waals surface area contributed by atoms with Gasteiger partial charge in [0.2, 0.25) is 6.41 Å². The van der Waals surface area contributed by atoms with Crippen LogP contribution in [0.15, 0.2) is 23.2 Å². The zero-order valence-corrected chi connectivity index (χ0v) is 24.3. The van der Waals surface area contributed by atoms with Gasteiger partial charge in [0.1, 0.15) is 5.75 Å². The van der Waals surface area contributed by atoms with E-state index in [1.807, 2.05) is 6.92 Å². The highest BCUT2D eigenvalue weighted by Gasteiger charge is 2.17. The van der Waals surface area contributed by atoms with Gasteiger partial charge in [0, 0.05) is 12.6 Å². The fourth-order valence-electron chi connectivity index (χ4n) is 4.19. The maximum Gasteiger partial charge on any atom is 0.280 e. The Hall–Kier alpha value is -3.68. The van der Waals surface area contributed by atoms with E-state index in [2.05, 4.69) is 37.8 Å². The second-order valence-electron chi connectivity index (χ2n) is 10.0. The Labute approximate surface area is 245 Å². The number of anilines is 3. The lowest BCUT2D eigenvalue weighted by molar-refractivity contribution is -0.105. The molecule has 14 heteroatoms. The Morgan fingerprint density at radius 2 is 1.73 bits per heavy atom. The summed E-state index contributed by atoms with van der Waals surface area (Å²) in [5.41, 5.74) is 17.8. The van der Waals surface area contributed by atoms with E-state index in [0.29, 0.717) is 18.5 Å². The number of aliphatic hydroxyl groups is 1. The van der Waals surface area contributed by atoms with Gasteiger partial charge < -0.3 is 38.0 Å². The number of aromatic nitrogens is 2. The predicted octanol–water partition coefficient (Wildman–Crippen LogP) is 2.83. The second kappa shape index (κ2) is 17.2. The van der Waals surface area contributed by atoms with E-state index in [4.69, 9.17) is 28.8 Å². The van der Waals surface area contributed by atoms with Gasteiger partial charge in [0.05, 0.1) is 17.8 Å². The predicted molar refractivity (Wildman–Crippen MR) is 162 cm³/mol. The average molecular weight is 592 g/mol. The third kappa shape index (κ3) is 11.8. The molecular weight excluding hydrogens is 550 g/mol. The van der Waals surface area contributed by atoms with Crippen LogP contribution in [-0.4, -0.2) is 57.1 Å². The third-order valence-corrected chi connectivity index (χ3v) is 6.79. The average Bonchev–Trinajstić information content (AvgIpc) is 2.91. The lowest BCUT2D eigenvalue weighted by Gasteiger charge is -2.18. The molecule has 0 spiro atoms. The number of hydrogen-bond acceptors (Lipinski definition) is 10. The summed E-state index contributed by atoms with van der Waals surface area (Å²) in [5, 5.41) is 28.3. The van der Waals surface area contributed by atoms with Crippen LogP contribution in [0.3, 0.4) is 0 Å². The first kappa shape index (κ1) is 33.5. The summed E-state index contributed by atoms with van der Waals surface area (Å²) in [7, 11) is 0. The normalized spacial score (nSPS) is 13.8. The molecule has 3 atom stereocenters. The fraction of sp³-hybridized carbons (Fsp3) is 0.519. The van der Waals surface area contributed by atoms with Crippen LogP contribution in [0.2, 0.25) is 5.15 Å². The summed E-state index contributed by atoms with van der Waals surface area (Å²) in [6, 6.07) is 4.83. The van der Waals surface area contributed by atoms with E-state index in [0.717, 1.165) is 51.4 Å². The Bertz CT molecular complexity index is 1180. The first-order valence-electron chi connectivity index (χ1n) is 13.7. The van der Waals surface area contributed by atoms with E-state index >= 15 is 0 Å². The molecule has 13 nitrogen and oxygen atoms in total. The van der Waals surface area contributed by atoms with E-state index < -0.39 is 12.0 Å². The number of nitrogens with two attached hydrogens (primary N) is 3. The van der Waals surface area contributed by atoms with Crippen molar-refractivity contribution in [2.75, 3.05) is 23.3 Å². The SMILES string of the molecule is C[C@H](CCCCCCCC[C@@H](C)NCC(O)c1ccc(O)c(NC=O)c1)N=C(N)NC(=O)c1nc(Cl)c(N)nc1N. The van der Waals surface area contributed by atoms with Crippen molar-refractivity contribution in [2.24, 2.45) is 10.7 Å². The van der Waals surface area contributed by atoms with E-state index in [9.17, 15) is 19.8 Å². The van der Waals surface area contributed by atoms with Crippen LogP contribution in [-0.2, 0) is 4.79 Å².